The van der Waals surface area contributed by atoms with E-state index < -0.39 is 74.2 Å². The van der Waals surface area contributed by atoms with Crippen LogP contribution in [0.3, 0.4) is 0 Å². The summed E-state index contributed by atoms with van der Waals surface area (Å²) >= 11 is 0. The zero-order valence-electron chi connectivity index (χ0n) is 41.5. The second-order valence-corrected chi connectivity index (χ2v) is 18.9. The van der Waals surface area contributed by atoms with E-state index >= 15 is 0 Å². The van der Waals surface area contributed by atoms with E-state index in [1.165, 1.54) is 141 Å². The van der Waals surface area contributed by atoms with Crippen LogP contribution >= 0.6 is 0 Å². The number of carbonyl (C=O) groups excluding carboxylic acids is 1. The molecule has 382 valence electrons. The van der Waals surface area contributed by atoms with Crippen molar-refractivity contribution in [2.75, 3.05) is 13.2 Å². The highest BCUT2D eigenvalue weighted by Gasteiger charge is 2.44. The minimum atomic E-state index is -1.67. The lowest BCUT2D eigenvalue weighted by Crippen LogP contribution is -2.60. The van der Waals surface area contributed by atoms with Crippen LogP contribution in [0.15, 0.2) is 36.5 Å². The Hall–Kier alpha value is -1.67. The molecule has 8 N–H and O–H groups in total. The third-order valence-electron chi connectivity index (χ3n) is 12.9. The number of carbonyl (C=O) groups is 1. The van der Waals surface area contributed by atoms with Gasteiger partial charge in [0.15, 0.2) is 6.29 Å². The number of rotatable bonds is 45. The topological polar surface area (TPSA) is 189 Å². The van der Waals surface area contributed by atoms with Gasteiger partial charge in [-0.05, 0) is 77.0 Å². The molecule has 1 amide bonds. The smallest absolute Gasteiger partial charge is 0.249 e. The highest BCUT2D eigenvalue weighted by Crippen LogP contribution is 2.23. The Morgan fingerprint density at radius 1 is 0.523 bits per heavy atom. The Morgan fingerprint density at radius 3 is 1.37 bits per heavy atom. The van der Waals surface area contributed by atoms with Gasteiger partial charge in [0, 0.05) is 0 Å². The van der Waals surface area contributed by atoms with Gasteiger partial charge in [-0.25, -0.2) is 0 Å². The highest BCUT2D eigenvalue weighted by molar-refractivity contribution is 5.80. The lowest BCUT2D eigenvalue weighted by atomic mass is 9.98. The number of hydrogen-bond donors (Lipinski definition) is 8. The van der Waals surface area contributed by atoms with Gasteiger partial charge in [-0.15, -0.1) is 0 Å². The van der Waals surface area contributed by atoms with E-state index in [9.17, 15) is 40.5 Å². The quantitative estimate of drug-likeness (QED) is 0.0216. The third kappa shape index (κ3) is 32.7. The number of amides is 1. The van der Waals surface area contributed by atoms with Crippen molar-refractivity contribution in [1.29, 1.82) is 0 Å². The van der Waals surface area contributed by atoms with Gasteiger partial charge < -0.3 is 50.5 Å². The van der Waals surface area contributed by atoms with E-state index in [2.05, 4.69) is 55.6 Å². The van der Waals surface area contributed by atoms with E-state index in [-0.39, 0.29) is 12.8 Å². The molecule has 0 radical (unpaired) electrons. The van der Waals surface area contributed by atoms with E-state index in [4.69, 9.17) is 9.47 Å². The molecule has 0 aromatic carbocycles. The summed E-state index contributed by atoms with van der Waals surface area (Å²) in [6, 6.07) is -1.19. The first kappa shape index (κ1) is 61.3. The standard InChI is InChI=1S/C54H101NO10/c1-3-5-7-9-11-13-15-17-19-20-21-22-23-24-25-26-28-30-32-34-36-38-40-42-47(58)53(63)55-45(44-64-54-52(62)51(61)50(60)48(43-56)65-54)49(59)46(57)41-39-37-35-33-31-29-27-18-16-14-12-10-8-6-4-2/h18,24-25,27,33,35,45-52,54,56-62H,3-17,19-23,26,28-32,34,36-44H2,1-2H3,(H,55,63)/b25-24-,27-18+,35-33+. The van der Waals surface area contributed by atoms with Crippen LogP contribution < -0.4 is 5.32 Å². The Kier molecular flexibility index (Phi) is 41.1. The molecule has 0 aromatic rings. The summed E-state index contributed by atoms with van der Waals surface area (Å²) in [4.78, 5) is 13.1. The summed E-state index contributed by atoms with van der Waals surface area (Å²) in [5, 5.41) is 75.9. The largest absolute Gasteiger partial charge is 0.394 e. The summed E-state index contributed by atoms with van der Waals surface area (Å²) in [6.45, 7) is 3.43. The SMILES string of the molecule is CCCCCCCC/C=C/CC/C=C/CCCC(O)C(O)C(COC1OC(CO)C(O)C(O)C1O)NC(=O)C(O)CCCCCCCCC/C=C\CCCCCCCCCCCCCC. The van der Waals surface area contributed by atoms with Crippen molar-refractivity contribution < 1.29 is 50.0 Å². The van der Waals surface area contributed by atoms with Gasteiger partial charge in [-0.2, -0.15) is 0 Å². The molecule has 1 fully saturated rings. The second-order valence-electron chi connectivity index (χ2n) is 18.9. The van der Waals surface area contributed by atoms with Gasteiger partial charge in [-0.1, -0.05) is 192 Å². The molecule has 0 aromatic heterocycles. The Morgan fingerprint density at radius 2 is 0.923 bits per heavy atom. The average Bonchev–Trinajstić information content (AvgIpc) is 3.31. The predicted molar refractivity (Wildman–Crippen MR) is 265 cm³/mol. The fraction of sp³-hybridized carbons (Fsp3) is 0.870. The van der Waals surface area contributed by atoms with E-state index in [0.717, 1.165) is 44.9 Å². The zero-order chi connectivity index (χ0) is 47.6. The number of unbranched alkanes of at least 4 members (excludes halogenated alkanes) is 27. The fourth-order valence-corrected chi connectivity index (χ4v) is 8.45. The van der Waals surface area contributed by atoms with Crippen molar-refractivity contribution in [2.24, 2.45) is 0 Å². The monoisotopic (exact) mass is 924 g/mol. The summed E-state index contributed by atoms with van der Waals surface area (Å²) in [5.74, 6) is -0.713. The molecule has 1 heterocycles. The molecule has 9 unspecified atom stereocenters. The minimum Gasteiger partial charge on any atom is -0.394 e. The van der Waals surface area contributed by atoms with Gasteiger partial charge in [0.1, 0.15) is 36.6 Å². The fourth-order valence-electron chi connectivity index (χ4n) is 8.45. The molecule has 1 saturated heterocycles. The van der Waals surface area contributed by atoms with Gasteiger partial charge in [-0.3, -0.25) is 4.79 Å². The Bertz CT molecular complexity index is 1150. The van der Waals surface area contributed by atoms with Crippen molar-refractivity contribution >= 4 is 5.91 Å². The number of aliphatic hydroxyl groups excluding tert-OH is 7. The van der Waals surface area contributed by atoms with E-state index in [1.807, 2.05) is 0 Å². The van der Waals surface area contributed by atoms with Crippen LogP contribution in [0.25, 0.3) is 0 Å². The van der Waals surface area contributed by atoms with Gasteiger partial charge >= 0.3 is 0 Å². The molecule has 1 aliphatic heterocycles. The normalized spacial score (nSPS) is 21.2. The molecule has 1 aliphatic rings. The van der Waals surface area contributed by atoms with E-state index in [1.54, 1.807) is 0 Å². The summed E-state index contributed by atoms with van der Waals surface area (Å²) in [7, 11) is 0. The van der Waals surface area contributed by atoms with Crippen LogP contribution in [-0.2, 0) is 14.3 Å². The molecule has 0 saturated carbocycles. The maximum atomic E-state index is 13.1. The first-order valence-corrected chi connectivity index (χ1v) is 26.9. The van der Waals surface area contributed by atoms with Crippen molar-refractivity contribution in [3.63, 3.8) is 0 Å². The maximum Gasteiger partial charge on any atom is 0.249 e. The summed E-state index contributed by atoms with van der Waals surface area (Å²) in [5.41, 5.74) is 0. The van der Waals surface area contributed by atoms with Gasteiger partial charge in [0.25, 0.3) is 0 Å². The zero-order valence-corrected chi connectivity index (χ0v) is 41.5. The Labute approximate surface area is 397 Å². The second kappa shape index (κ2) is 43.6. The first-order valence-electron chi connectivity index (χ1n) is 26.9. The summed E-state index contributed by atoms with van der Waals surface area (Å²) in [6.07, 6.45) is 40.5. The molecule has 1 rings (SSSR count). The van der Waals surface area contributed by atoms with Gasteiger partial charge in [0.05, 0.1) is 25.4 Å². The van der Waals surface area contributed by atoms with Crippen LogP contribution in [0.4, 0.5) is 0 Å². The van der Waals surface area contributed by atoms with Crippen molar-refractivity contribution in [3.05, 3.63) is 36.5 Å². The average molecular weight is 924 g/mol. The molecule has 9 atom stereocenters. The molecule has 11 nitrogen and oxygen atoms in total. The van der Waals surface area contributed by atoms with Crippen molar-refractivity contribution in [1.82, 2.24) is 5.32 Å². The summed E-state index contributed by atoms with van der Waals surface area (Å²) < 4.78 is 11.1. The molecule has 0 aliphatic carbocycles. The third-order valence-corrected chi connectivity index (χ3v) is 12.9. The predicted octanol–water partition coefficient (Wildman–Crippen LogP) is 10.3. The molecule has 0 bridgehead atoms. The number of hydrogen-bond acceptors (Lipinski definition) is 10. The van der Waals surface area contributed by atoms with Gasteiger partial charge in [0.2, 0.25) is 5.91 Å². The minimum absolute atomic E-state index is 0.245. The lowest BCUT2D eigenvalue weighted by Gasteiger charge is -2.40. The number of ether oxygens (including phenoxy) is 2. The van der Waals surface area contributed by atoms with Crippen LogP contribution in [0.1, 0.15) is 232 Å². The number of nitrogens with one attached hydrogen (secondary N) is 1. The number of allylic oxidation sites excluding steroid dienone is 6. The van der Waals surface area contributed by atoms with E-state index in [0.29, 0.717) is 19.3 Å². The highest BCUT2D eigenvalue weighted by atomic mass is 16.7. The molecule has 0 spiro atoms. The molecular formula is C54H101NO10. The maximum absolute atomic E-state index is 13.1. The van der Waals surface area contributed by atoms with Crippen LogP contribution in [-0.4, -0.2) is 110 Å². The first-order chi connectivity index (χ1) is 31.7. The Balaban J connectivity index is 2.37. The van der Waals surface area contributed by atoms with Crippen LogP contribution in [0.5, 0.6) is 0 Å². The lowest BCUT2D eigenvalue weighted by molar-refractivity contribution is -0.303. The van der Waals surface area contributed by atoms with Crippen LogP contribution in [0, 0.1) is 0 Å². The number of aliphatic hydroxyl groups is 7. The molecule has 11 heteroatoms. The molecular weight excluding hydrogens is 823 g/mol. The molecule has 65 heavy (non-hydrogen) atoms. The van der Waals surface area contributed by atoms with Crippen LogP contribution in [0.2, 0.25) is 0 Å². The van der Waals surface area contributed by atoms with Crippen molar-refractivity contribution in [2.45, 2.75) is 287 Å². The van der Waals surface area contributed by atoms with Crippen molar-refractivity contribution in [3.8, 4) is 0 Å².